The maximum Gasteiger partial charge on any atom is 0.194 e. The van der Waals surface area contributed by atoms with Gasteiger partial charge in [0, 0.05) is 17.0 Å². The molecule has 0 aromatic heterocycles. The van der Waals surface area contributed by atoms with E-state index in [0.717, 1.165) is 37.8 Å². The van der Waals surface area contributed by atoms with Crippen LogP contribution in [0.5, 0.6) is 0 Å². The monoisotopic (exact) mass is 463 g/mol. The highest BCUT2D eigenvalue weighted by atomic mass is 32.2. The third-order valence-corrected chi connectivity index (χ3v) is 7.15. The average Bonchev–Trinajstić information content (AvgIpc) is 2.77. The predicted octanol–water partition coefficient (Wildman–Crippen LogP) is 1.33. The molecular formula is C20H28F3N3O4S. The van der Waals surface area contributed by atoms with E-state index in [1.807, 2.05) is 0 Å². The zero-order chi connectivity index (χ0) is 22.5. The molecule has 7 nitrogen and oxygen atoms in total. The van der Waals surface area contributed by atoms with E-state index in [1.165, 1.54) is 24.4 Å². The van der Waals surface area contributed by atoms with E-state index in [4.69, 9.17) is 10.6 Å². The van der Waals surface area contributed by atoms with Crippen LogP contribution in [-0.4, -0.2) is 57.0 Å². The molecule has 3 rings (SSSR count). The van der Waals surface area contributed by atoms with E-state index in [-0.39, 0.29) is 11.3 Å². The normalized spacial score (nSPS) is 30.3. The Bertz CT molecular complexity index is 759. The van der Waals surface area contributed by atoms with Gasteiger partial charge < -0.3 is 30.8 Å². The summed E-state index contributed by atoms with van der Waals surface area (Å²) in [6.07, 6.45) is 3.30. The van der Waals surface area contributed by atoms with Crippen molar-refractivity contribution < 1.29 is 33.2 Å². The first-order valence-corrected chi connectivity index (χ1v) is 11.2. The first-order valence-electron chi connectivity index (χ1n) is 10.2. The van der Waals surface area contributed by atoms with Crippen molar-refractivity contribution in [2.75, 3.05) is 6.61 Å². The summed E-state index contributed by atoms with van der Waals surface area (Å²) in [5.74, 6) is 1.08. The number of rotatable bonds is 7. The van der Waals surface area contributed by atoms with E-state index >= 15 is 0 Å². The van der Waals surface area contributed by atoms with Crippen LogP contribution >= 0.6 is 11.8 Å². The van der Waals surface area contributed by atoms with Crippen molar-refractivity contribution in [1.29, 1.82) is 0 Å². The Morgan fingerprint density at radius 3 is 2.35 bits per heavy atom. The topological polar surface area (TPSA) is 120 Å². The number of nitrogens with two attached hydrogens (primary N) is 1. The van der Waals surface area contributed by atoms with Gasteiger partial charge in [-0.2, -0.15) is 0 Å². The lowest BCUT2D eigenvalue weighted by Crippen LogP contribution is -2.62. The van der Waals surface area contributed by atoms with Crippen molar-refractivity contribution in [2.45, 2.75) is 67.1 Å². The minimum Gasteiger partial charge on any atom is -0.394 e. The number of hydrazine groups is 1. The molecule has 2 aliphatic rings. The van der Waals surface area contributed by atoms with Gasteiger partial charge in [-0.1, -0.05) is 19.3 Å². The smallest absolute Gasteiger partial charge is 0.194 e. The van der Waals surface area contributed by atoms with Gasteiger partial charge in [0.15, 0.2) is 17.5 Å². The number of benzene rings is 1. The number of halogens is 3. The number of hydrogen-bond acceptors (Lipinski definition) is 8. The molecular weight excluding hydrogens is 435 g/mol. The van der Waals surface area contributed by atoms with Gasteiger partial charge >= 0.3 is 0 Å². The summed E-state index contributed by atoms with van der Waals surface area (Å²) < 4.78 is 46.1. The summed E-state index contributed by atoms with van der Waals surface area (Å²) in [5, 5.41) is 34.1. The number of thioether (sulfide) groups is 1. The maximum absolute atomic E-state index is 13.6. The Hall–Kier alpha value is -1.50. The lowest BCUT2D eigenvalue weighted by molar-refractivity contribution is -0.164. The number of aliphatic hydroxyl groups is 3. The Morgan fingerprint density at radius 2 is 1.77 bits per heavy atom. The zero-order valence-electron chi connectivity index (χ0n) is 16.8. The quantitative estimate of drug-likeness (QED) is 0.204. The van der Waals surface area contributed by atoms with Crippen LogP contribution in [0.25, 0.3) is 5.70 Å². The molecule has 1 aromatic rings. The van der Waals surface area contributed by atoms with Crippen LogP contribution in [0.15, 0.2) is 18.3 Å². The molecule has 5 atom stereocenters. The molecule has 1 saturated heterocycles. The van der Waals surface area contributed by atoms with Gasteiger partial charge in [0.25, 0.3) is 0 Å². The second-order valence-corrected chi connectivity index (χ2v) is 9.15. The molecule has 0 amide bonds. The van der Waals surface area contributed by atoms with Crippen molar-refractivity contribution in [3.8, 4) is 0 Å². The third-order valence-electron chi connectivity index (χ3n) is 5.63. The Morgan fingerprint density at radius 1 is 1.13 bits per heavy atom. The number of hydrogen-bond donors (Lipinski definition) is 6. The van der Waals surface area contributed by atoms with Gasteiger partial charge in [0.05, 0.1) is 18.3 Å². The summed E-state index contributed by atoms with van der Waals surface area (Å²) in [5.41, 5.74) is 1.51. The third kappa shape index (κ3) is 5.65. The molecule has 174 valence electrons. The van der Waals surface area contributed by atoms with Gasteiger partial charge in [-0.3, -0.25) is 5.84 Å². The van der Waals surface area contributed by atoms with Gasteiger partial charge in [-0.05, 0) is 25.0 Å². The first-order chi connectivity index (χ1) is 14.8. The zero-order valence-corrected chi connectivity index (χ0v) is 17.6. The van der Waals surface area contributed by atoms with Crippen LogP contribution in [0.4, 0.5) is 13.2 Å². The molecule has 11 heteroatoms. The molecule has 1 aliphatic carbocycles. The molecule has 1 saturated carbocycles. The van der Waals surface area contributed by atoms with Crippen LogP contribution in [0.3, 0.4) is 0 Å². The number of nitrogens with one attached hydrogen (secondary N) is 2. The molecule has 7 N–H and O–H groups in total. The summed E-state index contributed by atoms with van der Waals surface area (Å²) in [4.78, 5) is 0. The Kier molecular flexibility index (Phi) is 8.48. The van der Waals surface area contributed by atoms with Crippen LogP contribution in [0.2, 0.25) is 0 Å². The standard InChI is InChI=1S/C20H28F3N3O4S/c21-12-6-10(7-13(22)16(12)23)14(26-24)8-25-17-18(28)15(9-27)30-20(19(17)29)31-11-4-2-1-3-5-11/h6-8,11,15,17-20,25-29H,1-5,9,24H2/b14-8-/t15?,17?,18-,19?,20+/m0/s1. The Labute approximate surface area is 182 Å². The van der Waals surface area contributed by atoms with Gasteiger partial charge in [0.2, 0.25) is 0 Å². The van der Waals surface area contributed by atoms with Crippen LogP contribution in [0, 0.1) is 17.5 Å². The van der Waals surface area contributed by atoms with E-state index < -0.39 is 53.8 Å². The van der Waals surface area contributed by atoms with Crippen LogP contribution in [0.1, 0.15) is 37.7 Å². The molecule has 1 aromatic carbocycles. The second kappa shape index (κ2) is 10.9. The number of aliphatic hydroxyl groups excluding tert-OH is 3. The minimum atomic E-state index is -1.60. The van der Waals surface area contributed by atoms with E-state index in [9.17, 15) is 28.5 Å². The largest absolute Gasteiger partial charge is 0.394 e. The molecule has 0 radical (unpaired) electrons. The van der Waals surface area contributed by atoms with Crippen molar-refractivity contribution in [1.82, 2.24) is 10.7 Å². The van der Waals surface area contributed by atoms with Crippen molar-refractivity contribution in [2.24, 2.45) is 5.84 Å². The SMILES string of the molecule is NN/C(=C\NC1C(O)[C@@H](SC2CCCCC2)OC(CO)[C@@H]1O)c1cc(F)c(F)c(F)c1. The highest BCUT2D eigenvalue weighted by Crippen LogP contribution is 2.36. The molecule has 0 bridgehead atoms. The second-order valence-electron chi connectivity index (χ2n) is 7.75. The molecule has 2 fully saturated rings. The maximum atomic E-state index is 13.6. The molecule has 0 spiro atoms. The van der Waals surface area contributed by atoms with Gasteiger partial charge in [0.1, 0.15) is 23.7 Å². The summed E-state index contributed by atoms with van der Waals surface area (Å²) in [7, 11) is 0. The fraction of sp³-hybridized carbons (Fsp3) is 0.600. The molecule has 3 unspecified atom stereocenters. The lowest BCUT2D eigenvalue weighted by Gasteiger charge is -2.43. The van der Waals surface area contributed by atoms with Crippen LogP contribution in [-0.2, 0) is 4.74 Å². The fourth-order valence-corrected chi connectivity index (χ4v) is 5.41. The van der Waals surface area contributed by atoms with Gasteiger partial charge in [-0.15, -0.1) is 11.8 Å². The minimum absolute atomic E-state index is 0.000670. The van der Waals surface area contributed by atoms with E-state index in [1.54, 1.807) is 0 Å². The fourth-order valence-electron chi connectivity index (χ4n) is 3.89. The first kappa shape index (κ1) is 24.1. The molecule has 1 aliphatic heterocycles. The van der Waals surface area contributed by atoms with E-state index in [0.29, 0.717) is 5.25 Å². The average molecular weight is 464 g/mol. The highest BCUT2D eigenvalue weighted by molar-refractivity contribution is 8.00. The summed E-state index contributed by atoms with van der Waals surface area (Å²) >= 11 is 1.48. The molecule has 31 heavy (non-hydrogen) atoms. The molecule has 1 heterocycles. The highest BCUT2D eigenvalue weighted by Gasteiger charge is 2.45. The predicted molar refractivity (Wildman–Crippen MR) is 111 cm³/mol. The van der Waals surface area contributed by atoms with Crippen molar-refractivity contribution in [3.63, 3.8) is 0 Å². The van der Waals surface area contributed by atoms with Crippen LogP contribution < -0.4 is 16.6 Å². The van der Waals surface area contributed by atoms with Crippen molar-refractivity contribution >= 4 is 17.5 Å². The summed E-state index contributed by atoms with van der Waals surface area (Å²) in [6, 6.07) is 0.576. The number of ether oxygens (including phenoxy) is 1. The van der Waals surface area contributed by atoms with E-state index in [2.05, 4.69) is 10.7 Å². The summed E-state index contributed by atoms with van der Waals surface area (Å²) in [6.45, 7) is -0.451. The van der Waals surface area contributed by atoms with Gasteiger partial charge in [-0.25, -0.2) is 13.2 Å². The lowest BCUT2D eigenvalue weighted by atomic mass is 9.97. The van der Waals surface area contributed by atoms with Crippen molar-refractivity contribution in [3.05, 3.63) is 41.3 Å². The Balaban J connectivity index is 1.77.